The first kappa shape index (κ1) is 11.2. The van der Waals surface area contributed by atoms with Crippen molar-refractivity contribution in [3.63, 3.8) is 0 Å². The number of aromatic amines is 1. The Morgan fingerprint density at radius 2 is 1.90 bits per heavy atom. The van der Waals surface area contributed by atoms with Crippen molar-refractivity contribution in [1.82, 2.24) is 19.9 Å². The van der Waals surface area contributed by atoms with Crippen LogP contribution in [-0.2, 0) is 12.8 Å². The maximum atomic E-state index is 5.73. The number of H-pyrrole nitrogens is 1. The first-order chi connectivity index (χ1) is 9.79. The monoisotopic (exact) mass is 266 g/mol. The van der Waals surface area contributed by atoms with E-state index in [-0.39, 0.29) is 5.95 Å². The second-order valence-electron chi connectivity index (χ2n) is 5.05. The van der Waals surface area contributed by atoms with E-state index >= 15 is 0 Å². The molecular weight excluding hydrogens is 252 g/mol. The van der Waals surface area contributed by atoms with Gasteiger partial charge in [0.2, 0.25) is 5.95 Å². The Balaban J connectivity index is 1.65. The zero-order chi connectivity index (χ0) is 13.5. The molecule has 0 aliphatic heterocycles. The van der Waals surface area contributed by atoms with E-state index in [0.29, 0.717) is 11.7 Å². The molecule has 3 aromatic rings. The Labute approximate surface area is 115 Å². The molecule has 6 nitrogen and oxygen atoms in total. The van der Waals surface area contributed by atoms with Crippen LogP contribution in [0.2, 0.25) is 0 Å². The highest BCUT2D eigenvalue weighted by molar-refractivity contribution is 5.83. The second-order valence-corrected chi connectivity index (χ2v) is 5.05. The van der Waals surface area contributed by atoms with Crippen molar-refractivity contribution in [2.24, 2.45) is 0 Å². The minimum atomic E-state index is 0.239. The van der Waals surface area contributed by atoms with Crippen molar-refractivity contribution in [3.8, 4) is 0 Å². The second kappa shape index (κ2) is 4.19. The molecule has 0 radical (unpaired) electrons. The van der Waals surface area contributed by atoms with Gasteiger partial charge in [-0.15, -0.1) is 0 Å². The summed E-state index contributed by atoms with van der Waals surface area (Å²) in [6.45, 7) is 0. The Morgan fingerprint density at radius 3 is 2.65 bits per heavy atom. The van der Waals surface area contributed by atoms with Crippen LogP contribution in [0.25, 0.3) is 11.2 Å². The molecule has 1 aromatic carbocycles. The number of rotatable bonds is 2. The topological polar surface area (TPSA) is 92.5 Å². The third kappa shape index (κ3) is 1.77. The highest BCUT2D eigenvalue weighted by atomic mass is 15.1. The summed E-state index contributed by atoms with van der Waals surface area (Å²) in [5.41, 5.74) is 9.91. The minimum absolute atomic E-state index is 0.239. The number of nitrogens with two attached hydrogens (primary N) is 1. The molecule has 0 unspecified atom stereocenters. The van der Waals surface area contributed by atoms with Crippen molar-refractivity contribution < 1.29 is 0 Å². The maximum Gasteiger partial charge on any atom is 0.224 e. The van der Waals surface area contributed by atoms with Crippen molar-refractivity contribution in [3.05, 3.63) is 41.7 Å². The summed E-state index contributed by atoms with van der Waals surface area (Å²) < 4.78 is 0. The Kier molecular flexibility index (Phi) is 2.35. The smallest absolute Gasteiger partial charge is 0.224 e. The number of aromatic nitrogens is 4. The molecule has 6 heteroatoms. The summed E-state index contributed by atoms with van der Waals surface area (Å²) in [6.07, 6.45) is 3.60. The van der Waals surface area contributed by atoms with Gasteiger partial charge in [-0.3, -0.25) is 0 Å². The first-order valence-corrected chi connectivity index (χ1v) is 6.59. The zero-order valence-corrected chi connectivity index (χ0v) is 10.8. The number of anilines is 2. The average Bonchev–Trinajstić information content (AvgIpc) is 3.03. The fourth-order valence-corrected chi connectivity index (χ4v) is 2.81. The normalized spacial score (nSPS) is 14.6. The Morgan fingerprint density at radius 1 is 1.15 bits per heavy atom. The minimum Gasteiger partial charge on any atom is -0.368 e. The van der Waals surface area contributed by atoms with Gasteiger partial charge in [-0.1, -0.05) is 24.3 Å². The van der Waals surface area contributed by atoms with Gasteiger partial charge in [0, 0.05) is 6.04 Å². The van der Waals surface area contributed by atoms with Crippen molar-refractivity contribution in [1.29, 1.82) is 0 Å². The lowest BCUT2D eigenvalue weighted by atomic mass is 10.1. The fourth-order valence-electron chi connectivity index (χ4n) is 2.81. The zero-order valence-electron chi connectivity index (χ0n) is 10.8. The van der Waals surface area contributed by atoms with Crippen LogP contribution in [-0.4, -0.2) is 26.0 Å². The van der Waals surface area contributed by atoms with E-state index in [9.17, 15) is 0 Å². The molecular formula is C14H14N6. The fraction of sp³-hybridized carbons (Fsp3) is 0.214. The molecule has 2 aromatic heterocycles. The summed E-state index contributed by atoms with van der Waals surface area (Å²) in [4.78, 5) is 15.6. The summed E-state index contributed by atoms with van der Waals surface area (Å²) in [7, 11) is 0. The number of nitrogens with one attached hydrogen (secondary N) is 2. The van der Waals surface area contributed by atoms with Crippen LogP contribution in [0.3, 0.4) is 0 Å². The lowest BCUT2D eigenvalue weighted by Gasteiger charge is -2.13. The van der Waals surface area contributed by atoms with Crippen LogP contribution < -0.4 is 11.1 Å². The van der Waals surface area contributed by atoms with E-state index in [0.717, 1.165) is 24.2 Å². The van der Waals surface area contributed by atoms with Crippen LogP contribution >= 0.6 is 0 Å². The lowest BCUT2D eigenvalue weighted by Crippen LogP contribution is -2.21. The van der Waals surface area contributed by atoms with Crippen molar-refractivity contribution >= 4 is 22.9 Å². The van der Waals surface area contributed by atoms with E-state index in [4.69, 9.17) is 5.73 Å². The predicted molar refractivity (Wildman–Crippen MR) is 77.4 cm³/mol. The molecule has 0 spiro atoms. The summed E-state index contributed by atoms with van der Waals surface area (Å²) in [5, 5.41) is 3.46. The van der Waals surface area contributed by atoms with E-state index < -0.39 is 0 Å². The number of hydrogen-bond donors (Lipinski definition) is 3. The highest BCUT2D eigenvalue weighted by Crippen LogP contribution is 2.26. The quantitative estimate of drug-likeness (QED) is 0.654. The summed E-state index contributed by atoms with van der Waals surface area (Å²) in [5.74, 6) is 0.963. The molecule has 4 N–H and O–H groups in total. The number of benzene rings is 1. The molecule has 0 amide bonds. The molecule has 20 heavy (non-hydrogen) atoms. The standard InChI is InChI=1S/C14H14N6/c15-14-19-12-11(16-7-17-12)13(20-14)18-10-5-8-3-1-2-4-9(8)6-10/h1-4,7,10H,5-6H2,(H4,15,16,17,18,19,20). The van der Waals surface area contributed by atoms with Gasteiger partial charge >= 0.3 is 0 Å². The van der Waals surface area contributed by atoms with Crippen LogP contribution in [0.5, 0.6) is 0 Å². The van der Waals surface area contributed by atoms with E-state index in [1.807, 2.05) is 0 Å². The molecule has 1 aliphatic carbocycles. The molecule has 1 aliphatic rings. The van der Waals surface area contributed by atoms with Crippen LogP contribution in [0, 0.1) is 0 Å². The third-order valence-electron chi connectivity index (χ3n) is 3.69. The van der Waals surface area contributed by atoms with Crippen LogP contribution in [0.4, 0.5) is 11.8 Å². The Bertz CT molecular complexity index is 753. The highest BCUT2D eigenvalue weighted by Gasteiger charge is 2.22. The van der Waals surface area contributed by atoms with Gasteiger partial charge in [0.15, 0.2) is 11.5 Å². The molecule has 0 bridgehead atoms. The molecule has 0 saturated carbocycles. The van der Waals surface area contributed by atoms with Crippen LogP contribution in [0.15, 0.2) is 30.6 Å². The maximum absolute atomic E-state index is 5.73. The van der Waals surface area contributed by atoms with Crippen molar-refractivity contribution in [2.45, 2.75) is 18.9 Å². The molecule has 0 atom stereocenters. The van der Waals surface area contributed by atoms with Crippen molar-refractivity contribution in [2.75, 3.05) is 11.1 Å². The number of fused-ring (bicyclic) bond motifs is 2. The lowest BCUT2D eigenvalue weighted by molar-refractivity contribution is 0.770. The van der Waals surface area contributed by atoms with Gasteiger partial charge in [0.25, 0.3) is 0 Å². The SMILES string of the molecule is Nc1nc(NC2Cc3ccccc3C2)c2[nH]cnc2n1. The summed E-state index contributed by atoms with van der Waals surface area (Å²) in [6, 6.07) is 8.84. The van der Waals surface area contributed by atoms with E-state index in [2.05, 4.69) is 49.5 Å². The van der Waals surface area contributed by atoms with Gasteiger partial charge in [0.1, 0.15) is 5.52 Å². The Hall–Kier alpha value is -2.63. The molecule has 0 fully saturated rings. The van der Waals surface area contributed by atoms with E-state index in [1.54, 1.807) is 6.33 Å². The molecule has 4 rings (SSSR count). The molecule has 0 saturated heterocycles. The van der Waals surface area contributed by atoms with Gasteiger partial charge < -0.3 is 16.0 Å². The van der Waals surface area contributed by atoms with Crippen LogP contribution in [0.1, 0.15) is 11.1 Å². The average molecular weight is 266 g/mol. The largest absolute Gasteiger partial charge is 0.368 e. The van der Waals surface area contributed by atoms with Gasteiger partial charge in [-0.25, -0.2) is 4.98 Å². The summed E-state index contributed by atoms with van der Waals surface area (Å²) >= 11 is 0. The number of imidazole rings is 1. The van der Waals surface area contributed by atoms with E-state index in [1.165, 1.54) is 11.1 Å². The predicted octanol–water partition coefficient (Wildman–Crippen LogP) is 1.51. The number of hydrogen-bond acceptors (Lipinski definition) is 5. The number of nitrogen functional groups attached to an aromatic ring is 1. The number of nitrogens with zero attached hydrogens (tertiary/aromatic N) is 3. The molecule has 100 valence electrons. The third-order valence-corrected chi connectivity index (χ3v) is 3.69. The first-order valence-electron chi connectivity index (χ1n) is 6.59. The molecule has 2 heterocycles. The van der Waals surface area contributed by atoms with Gasteiger partial charge in [-0.2, -0.15) is 9.97 Å². The van der Waals surface area contributed by atoms with Gasteiger partial charge in [0.05, 0.1) is 6.33 Å². The van der Waals surface area contributed by atoms with Gasteiger partial charge in [-0.05, 0) is 24.0 Å².